The van der Waals surface area contributed by atoms with Crippen molar-refractivity contribution in [1.29, 1.82) is 0 Å². The summed E-state index contributed by atoms with van der Waals surface area (Å²) in [6, 6.07) is 0. The molecular formula is C28H49Cl2SiTi. The molecule has 0 aromatic carbocycles. The topological polar surface area (TPSA) is 0 Å². The van der Waals surface area contributed by atoms with Crippen LogP contribution in [0.1, 0.15) is 82.1 Å². The maximum atomic E-state index is 8.20. The number of halogens is 2. The van der Waals surface area contributed by atoms with Gasteiger partial charge in [0.25, 0.3) is 0 Å². The van der Waals surface area contributed by atoms with Gasteiger partial charge in [0.1, 0.15) is 0 Å². The van der Waals surface area contributed by atoms with E-state index in [9.17, 15) is 0 Å². The Morgan fingerprint density at radius 2 is 1.06 bits per heavy atom. The van der Waals surface area contributed by atoms with Gasteiger partial charge >= 0.3 is 211 Å². The SMILES string of the molecule is CC(C)CC1=C[CH]([Ti]([Cl])([Cl])([CH]2C=C(CC(C)C)C=C2C(C)(C)C)[SiH](C)C)C(C(C)(C)C)=C1. The van der Waals surface area contributed by atoms with Crippen molar-refractivity contribution in [3.8, 4) is 0 Å². The zero-order valence-electron chi connectivity index (χ0n) is 22.9. The first-order valence-electron chi connectivity index (χ1n) is 12.7. The Balaban J connectivity index is 2.76. The van der Waals surface area contributed by atoms with Gasteiger partial charge in [-0.05, 0) is 0 Å². The standard InChI is InChI=1S/2C13H21.C2H7Si.2ClH.Ti/c2*1-10(2)8-11-6-7-12(9-11)13(3,4)5;1-3-2;;;/h2*6-7,9-10H,8H2,1-5H3;3H,1-2H3;2*1H;/q;;;;;+2/p-2. The molecule has 32 heavy (non-hydrogen) atoms. The first-order chi connectivity index (χ1) is 14.3. The van der Waals surface area contributed by atoms with E-state index in [-0.39, 0.29) is 19.3 Å². The Morgan fingerprint density at radius 1 is 0.750 bits per heavy atom. The van der Waals surface area contributed by atoms with E-state index in [1.165, 1.54) is 22.3 Å². The van der Waals surface area contributed by atoms with E-state index >= 15 is 0 Å². The van der Waals surface area contributed by atoms with Gasteiger partial charge in [0.2, 0.25) is 0 Å². The predicted molar refractivity (Wildman–Crippen MR) is 148 cm³/mol. The Kier molecular flexibility index (Phi) is 8.52. The molecule has 0 N–H and O–H groups in total. The zero-order valence-corrected chi connectivity index (χ0v) is 27.1. The van der Waals surface area contributed by atoms with E-state index in [0.29, 0.717) is 11.8 Å². The summed E-state index contributed by atoms with van der Waals surface area (Å²) in [4.78, 5) is 0. The quantitative estimate of drug-likeness (QED) is 0.286. The Hall–Kier alpha value is 0.471. The third kappa shape index (κ3) is 5.65. The van der Waals surface area contributed by atoms with Gasteiger partial charge in [-0.25, -0.2) is 0 Å². The van der Waals surface area contributed by atoms with Gasteiger partial charge in [-0.3, -0.25) is 0 Å². The molecule has 0 amide bonds. The second kappa shape index (κ2) is 9.50. The number of allylic oxidation sites excluding steroid dienone is 8. The van der Waals surface area contributed by atoms with Crippen LogP contribution < -0.4 is 0 Å². The van der Waals surface area contributed by atoms with Gasteiger partial charge in [0.05, 0.1) is 0 Å². The second-order valence-corrected chi connectivity index (χ2v) is 43.1. The molecule has 0 nitrogen and oxygen atoms in total. The van der Waals surface area contributed by atoms with Crippen molar-refractivity contribution in [2.75, 3.05) is 0 Å². The van der Waals surface area contributed by atoms with E-state index in [1.807, 2.05) is 0 Å². The minimum absolute atomic E-state index is 0.0617. The van der Waals surface area contributed by atoms with Crippen LogP contribution >= 0.6 is 18.6 Å². The summed E-state index contributed by atoms with van der Waals surface area (Å²) in [6.45, 7) is 26.7. The normalized spacial score (nSPS) is 24.0. The summed E-state index contributed by atoms with van der Waals surface area (Å²) in [5.74, 6) is 1.26. The third-order valence-electron chi connectivity index (χ3n) is 7.42. The molecule has 183 valence electrons. The van der Waals surface area contributed by atoms with E-state index in [2.05, 4.69) is 107 Å². The van der Waals surface area contributed by atoms with Crippen molar-refractivity contribution in [2.45, 2.75) is 104 Å². The summed E-state index contributed by atoms with van der Waals surface area (Å²) in [7, 11) is 16.4. The molecule has 0 aliphatic heterocycles. The molecule has 0 bridgehead atoms. The molecule has 2 aliphatic rings. The van der Waals surface area contributed by atoms with Crippen molar-refractivity contribution in [1.82, 2.24) is 0 Å². The molecule has 0 fully saturated rings. The van der Waals surface area contributed by atoms with Crippen LogP contribution in [0.4, 0.5) is 0 Å². The average Bonchev–Trinajstić information content (AvgIpc) is 3.18. The van der Waals surface area contributed by atoms with Crippen molar-refractivity contribution in [3.63, 3.8) is 0 Å². The zero-order chi connectivity index (χ0) is 24.9. The van der Waals surface area contributed by atoms with Crippen molar-refractivity contribution in [2.24, 2.45) is 22.7 Å². The molecular weight excluding hydrogens is 483 g/mol. The fourth-order valence-corrected chi connectivity index (χ4v) is 24.8. The van der Waals surface area contributed by atoms with Gasteiger partial charge in [-0.15, -0.1) is 0 Å². The van der Waals surface area contributed by atoms with Gasteiger partial charge in [0, 0.05) is 0 Å². The van der Waals surface area contributed by atoms with E-state index < -0.39 is 19.1 Å². The van der Waals surface area contributed by atoms with Crippen LogP contribution in [0, 0.1) is 22.7 Å². The molecule has 2 atom stereocenters. The van der Waals surface area contributed by atoms with E-state index in [1.54, 1.807) is 0 Å². The van der Waals surface area contributed by atoms with Gasteiger partial charge in [-0.2, -0.15) is 0 Å². The fourth-order valence-electron chi connectivity index (χ4n) is 5.67. The van der Waals surface area contributed by atoms with Crippen molar-refractivity contribution < 1.29 is 12.4 Å². The molecule has 0 radical (unpaired) electrons. The average molecular weight is 533 g/mol. The van der Waals surface area contributed by atoms with Gasteiger partial charge in [-0.1, -0.05) is 0 Å². The second-order valence-electron chi connectivity index (χ2n) is 13.7. The molecule has 2 aliphatic carbocycles. The minimum atomic E-state index is -4.13. The maximum absolute atomic E-state index is 8.20. The van der Waals surface area contributed by atoms with Crippen LogP contribution in [0.5, 0.6) is 0 Å². The summed E-state index contributed by atoms with van der Waals surface area (Å²) in [6.07, 6.45) is 12.2. The molecule has 0 aromatic heterocycles. The Bertz CT molecular complexity index is 778. The Labute approximate surface area is 209 Å². The van der Waals surface area contributed by atoms with E-state index in [4.69, 9.17) is 18.6 Å². The molecule has 0 aromatic rings. The molecule has 0 spiro atoms. The van der Waals surface area contributed by atoms with Crippen LogP contribution in [-0.4, -0.2) is 6.66 Å². The molecule has 2 unspecified atom stereocenters. The summed E-state index contributed by atoms with van der Waals surface area (Å²) < 4.78 is 0.447. The predicted octanol–water partition coefficient (Wildman–Crippen LogP) is 10.5. The van der Waals surface area contributed by atoms with Crippen LogP contribution in [0.15, 0.2) is 46.6 Å². The van der Waals surface area contributed by atoms with Crippen LogP contribution in [0.25, 0.3) is 0 Å². The molecule has 2 rings (SSSR count). The first kappa shape index (κ1) is 28.7. The van der Waals surface area contributed by atoms with Gasteiger partial charge in [0.15, 0.2) is 0 Å². The number of rotatable bonds is 7. The summed E-state index contributed by atoms with van der Waals surface area (Å²) in [5.41, 5.74) is 5.99. The van der Waals surface area contributed by atoms with Crippen LogP contribution in [0.3, 0.4) is 0 Å². The van der Waals surface area contributed by atoms with Crippen LogP contribution in [-0.2, 0) is 12.4 Å². The first-order valence-corrected chi connectivity index (χ1v) is 24.4. The molecule has 0 saturated heterocycles. The van der Waals surface area contributed by atoms with E-state index in [0.717, 1.165) is 12.8 Å². The monoisotopic (exact) mass is 531 g/mol. The summed E-state index contributed by atoms with van der Waals surface area (Å²) in [5, 5.41) is 0. The molecule has 0 heterocycles. The fraction of sp³-hybridized carbons (Fsp3) is 0.714. The van der Waals surface area contributed by atoms with Crippen molar-refractivity contribution in [3.05, 3.63) is 46.6 Å². The molecule has 0 saturated carbocycles. The summed E-state index contributed by atoms with van der Waals surface area (Å²) >= 11 is -4.13. The molecule has 4 heteroatoms. The number of hydrogen-bond acceptors (Lipinski definition) is 0. The van der Waals surface area contributed by atoms with Crippen molar-refractivity contribution >= 4 is 25.3 Å². The third-order valence-corrected chi connectivity index (χ3v) is 42.8. The number of hydrogen-bond donors (Lipinski definition) is 0. The van der Waals surface area contributed by atoms with Crippen LogP contribution in [0.2, 0.25) is 21.5 Å². The Morgan fingerprint density at radius 3 is 1.28 bits per heavy atom. The van der Waals surface area contributed by atoms with Gasteiger partial charge < -0.3 is 0 Å².